The largest absolute Gasteiger partial charge is 0.368 e. The molecule has 4 amide bonds. The number of anilines is 2. The van der Waals surface area contributed by atoms with Crippen LogP contribution in [0.5, 0.6) is 0 Å². The minimum absolute atomic E-state index is 0.277. The van der Waals surface area contributed by atoms with E-state index < -0.39 is 17.9 Å². The van der Waals surface area contributed by atoms with Crippen LogP contribution in [-0.4, -0.2) is 85.5 Å². The molecule has 1 aliphatic rings. The Morgan fingerprint density at radius 1 is 1.00 bits per heavy atom. The van der Waals surface area contributed by atoms with Crippen molar-refractivity contribution in [2.24, 2.45) is 0 Å². The van der Waals surface area contributed by atoms with Crippen LogP contribution in [-0.2, 0) is 11.3 Å². The third-order valence-electron chi connectivity index (χ3n) is 8.66. The number of benzene rings is 3. The number of aryl methyl sites for hydroxylation is 1. The monoisotopic (exact) mass is 641 g/mol. The number of piperazine rings is 1. The van der Waals surface area contributed by atoms with Crippen molar-refractivity contribution < 1.29 is 18.8 Å². The lowest BCUT2D eigenvalue weighted by molar-refractivity contribution is -0.118. The molecule has 1 saturated heterocycles. The van der Waals surface area contributed by atoms with Crippen LogP contribution >= 0.6 is 0 Å². The number of nitrogens with one attached hydrogen (secondary N) is 4. The number of urea groups is 1. The molecule has 3 aromatic carbocycles. The summed E-state index contributed by atoms with van der Waals surface area (Å²) in [5, 5.41) is 9.83. The van der Waals surface area contributed by atoms with E-state index in [9.17, 15) is 18.8 Å². The zero-order valence-electron chi connectivity index (χ0n) is 27.7. The predicted molar refractivity (Wildman–Crippen MR) is 184 cm³/mol. The van der Waals surface area contributed by atoms with E-state index in [0.717, 1.165) is 33.3 Å². The molecular formula is C36H44FN7O3. The average molecular weight is 642 g/mol. The first-order valence-corrected chi connectivity index (χ1v) is 16.0. The van der Waals surface area contributed by atoms with Gasteiger partial charge in [0, 0.05) is 68.0 Å². The Kier molecular flexibility index (Phi) is 10.5. The second kappa shape index (κ2) is 14.7. The summed E-state index contributed by atoms with van der Waals surface area (Å²) in [5.41, 5.74) is 5.27. The number of aromatic nitrogens is 1. The number of carbonyl (C=O) groups excluding carboxylic acids is 3. The van der Waals surface area contributed by atoms with Gasteiger partial charge in [-0.3, -0.25) is 9.59 Å². The molecule has 2 heterocycles. The molecule has 0 bridgehead atoms. The van der Waals surface area contributed by atoms with Gasteiger partial charge in [0.15, 0.2) is 0 Å². The molecule has 5 rings (SSSR count). The molecule has 0 aliphatic carbocycles. The third kappa shape index (κ3) is 7.74. The van der Waals surface area contributed by atoms with Gasteiger partial charge in [-0.25, -0.2) is 9.18 Å². The van der Waals surface area contributed by atoms with Gasteiger partial charge in [-0.2, -0.15) is 0 Å². The predicted octanol–water partition coefficient (Wildman–Crippen LogP) is 5.07. The van der Waals surface area contributed by atoms with E-state index in [4.69, 9.17) is 0 Å². The van der Waals surface area contributed by atoms with Crippen LogP contribution in [0.4, 0.5) is 20.6 Å². The summed E-state index contributed by atoms with van der Waals surface area (Å²) in [6.07, 6.45) is 1.88. The number of para-hydroxylation sites is 1. The second-order valence-electron chi connectivity index (χ2n) is 12.4. The van der Waals surface area contributed by atoms with E-state index in [0.29, 0.717) is 50.5 Å². The first-order valence-electron chi connectivity index (χ1n) is 16.0. The minimum atomic E-state index is -0.960. The number of amides is 4. The van der Waals surface area contributed by atoms with E-state index in [2.05, 4.69) is 25.8 Å². The van der Waals surface area contributed by atoms with E-state index in [1.807, 2.05) is 82.4 Å². The molecule has 4 N–H and O–H groups in total. The maximum absolute atomic E-state index is 14.2. The molecule has 1 aromatic heterocycles. The molecule has 2 atom stereocenters. The van der Waals surface area contributed by atoms with E-state index >= 15 is 0 Å². The van der Waals surface area contributed by atoms with Gasteiger partial charge < -0.3 is 35.6 Å². The molecule has 4 aromatic rings. The lowest BCUT2D eigenvalue weighted by atomic mass is 9.92. The molecular weight excluding hydrogens is 597 g/mol. The number of fused-ring (bicyclic) bond motifs is 1. The fourth-order valence-corrected chi connectivity index (χ4v) is 6.24. The molecule has 0 unspecified atom stereocenters. The zero-order chi connectivity index (χ0) is 33.7. The van der Waals surface area contributed by atoms with Gasteiger partial charge >= 0.3 is 6.03 Å². The maximum atomic E-state index is 14.2. The highest BCUT2D eigenvalue weighted by Gasteiger charge is 2.33. The lowest BCUT2D eigenvalue weighted by Crippen LogP contribution is -2.56. The summed E-state index contributed by atoms with van der Waals surface area (Å²) in [6, 6.07) is 16.7. The van der Waals surface area contributed by atoms with Gasteiger partial charge in [-0.1, -0.05) is 31.2 Å². The number of halogens is 1. The molecule has 47 heavy (non-hydrogen) atoms. The normalized spacial score (nSPS) is 14.6. The summed E-state index contributed by atoms with van der Waals surface area (Å²) < 4.78 is 13.7. The Bertz CT molecular complexity index is 1750. The topological polar surface area (TPSA) is 113 Å². The summed E-state index contributed by atoms with van der Waals surface area (Å²) in [6.45, 7) is 8.71. The summed E-state index contributed by atoms with van der Waals surface area (Å²) >= 11 is 0. The van der Waals surface area contributed by atoms with Crippen molar-refractivity contribution in [3.05, 3.63) is 94.9 Å². The van der Waals surface area contributed by atoms with Crippen LogP contribution in [0.15, 0.2) is 66.9 Å². The lowest BCUT2D eigenvalue weighted by Gasteiger charge is -2.37. The first kappa shape index (κ1) is 33.5. The fraction of sp³-hybridized carbons (Fsp3) is 0.361. The van der Waals surface area contributed by atoms with Gasteiger partial charge in [0.25, 0.3) is 5.91 Å². The summed E-state index contributed by atoms with van der Waals surface area (Å²) in [5.74, 6) is -1.42. The average Bonchev–Trinajstić information content (AvgIpc) is 3.47. The molecule has 1 fully saturated rings. The minimum Gasteiger partial charge on any atom is -0.368 e. The van der Waals surface area contributed by atoms with E-state index in [-0.39, 0.29) is 17.8 Å². The molecule has 11 heteroatoms. The van der Waals surface area contributed by atoms with Crippen LogP contribution in [0.1, 0.15) is 46.8 Å². The Balaban J connectivity index is 1.40. The number of nitrogens with zero attached hydrogens (tertiary/aromatic N) is 3. The van der Waals surface area contributed by atoms with Crippen molar-refractivity contribution in [2.75, 3.05) is 57.0 Å². The molecule has 0 spiro atoms. The maximum Gasteiger partial charge on any atom is 0.318 e. The highest BCUT2D eigenvalue weighted by atomic mass is 19.1. The van der Waals surface area contributed by atoms with Crippen molar-refractivity contribution in [1.29, 1.82) is 0 Å². The number of carbonyl (C=O) groups is 3. The van der Waals surface area contributed by atoms with Gasteiger partial charge in [-0.05, 0) is 81.0 Å². The fourth-order valence-electron chi connectivity index (χ4n) is 6.24. The smallest absolute Gasteiger partial charge is 0.318 e. The first-order chi connectivity index (χ1) is 22.5. The number of hydrogen-bond donors (Lipinski definition) is 4. The van der Waals surface area contributed by atoms with Crippen LogP contribution in [0, 0.1) is 12.7 Å². The zero-order valence-corrected chi connectivity index (χ0v) is 27.7. The molecule has 0 radical (unpaired) electrons. The highest BCUT2D eigenvalue weighted by molar-refractivity contribution is 6.06. The van der Waals surface area contributed by atoms with Crippen molar-refractivity contribution in [3.63, 3.8) is 0 Å². The quantitative estimate of drug-likeness (QED) is 0.193. The number of rotatable bonds is 10. The number of hydrogen-bond acceptors (Lipinski definition) is 5. The van der Waals surface area contributed by atoms with Crippen molar-refractivity contribution >= 4 is 40.1 Å². The Morgan fingerprint density at radius 2 is 1.74 bits per heavy atom. The van der Waals surface area contributed by atoms with Crippen molar-refractivity contribution in [2.45, 2.75) is 39.3 Å². The van der Waals surface area contributed by atoms with Crippen LogP contribution in [0.3, 0.4) is 0 Å². The summed E-state index contributed by atoms with van der Waals surface area (Å²) in [4.78, 5) is 50.1. The van der Waals surface area contributed by atoms with Gasteiger partial charge in [0.2, 0.25) is 5.91 Å². The molecule has 0 saturated carbocycles. The number of H-pyrrole nitrogens is 1. The van der Waals surface area contributed by atoms with E-state index in [1.54, 1.807) is 17.0 Å². The Hall–Kier alpha value is -4.90. The Morgan fingerprint density at radius 3 is 2.45 bits per heavy atom. The third-order valence-corrected chi connectivity index (χ3v) is 8.66. The van der Waals surface area contributed by atoms with Crippen LogP contribution in [0.2, 0.25) is 0 Å². The molecule has 1 aliphatic heterocycles. The van der Waals surface area contributed by atoms with Gasteiger partial charge in [0.05, 0.1) is 11.3 Å². The standard InChI is InChI=1S/C36H44FN7O3/c1-6-38-34(45)28-13-11-25(22-42(4)5)20-31(28)40-35(46)33(24(3)29-21-39-30-10-8-7-9-27(29)30)41-36(47)44-17-15-43(16-18-44)32-14-12-26(37)19-23(32)2/h7-14,19-21,24,33,39H,6,15-18,22H2,1-5H3,(H,38,45)(H,40,46)(H,41,47)/t24-,33-/m1/s1. The highest BCUT2D eigenvalue weighted by Crippen LogP contribution is 2.29. The van der Waals surface area contributed by atoms with Gasteiger partial charge in [0.1, 0.15) is 11.9 Å². The van der Waals surface area contributed by atoms with E-state index in [1.165, 1.54) is 12.1 Å². The molecule has 248 valence electrons. The van der Waals surface area contributed by atoms with Crippen LogP contribution in [0.25, 0.3) is 10.9 Å². The Labute approximate surface area is 275 Å². The summed E-state index contributed by atoms with van der Waals surface area (Å²) in [7, 11) is 3.90. The molecule has 10 nitrogen and oxygen atoms in total. The van der Waals surface area contributed by atoms with Crippen LogP contribution < -0.4 is 20.9 Å². The second-order valence-corrected chi connectivity index (χ2v) is 12.4. The van der Waals surface area contributed by atoms with Crippen molar-refractivity contribution in [3.8, 4) is 0 Å². The van der Waals surface area contributed by atoms with Gasteiger partial charge in [-0.15, -0.1) is 0 Å². The van der Waals surface area contributed by atoms with Crippen molar-refractivity contribution in [1.82, 2.24) is 25.4 Å². The number of aromatic amines is 1. The SMILES string of the molecule is CCNC(=O)c1ccc(CN(C)C)cc1NC(=O)[C@H](NC(=O)N1CCN(c2ccc(F)cc2C)CC1)[C@H](C)c1c[nH]c2ccccc12.